The summed E-state index contributed by atoms with van der Waals surface area (Å²) >= 11 is 3.43. The van der Waals surface area contributed by atoms with Crippen molar-refractivity contribution in [1.29, 1.82) is 0 Å². The van der Waals surface area contributed by atoms with Crippen molar-refractivity contribution in [1.82, 2.24) is 4.98 Å². The Bertz CT molecular complexity index is 845. The summed E-state index contributed by atoms with van der Waals surface area (Å²) in [6.07, 6.45) is 1.64. The Labute approximate surface area is 149 Å². The number of aromatic nitrogens is 1. The van der Waals surface area contributed by atoms with Crippen LogP contribution in [0, 0.1) is 6.92 Å². The van der Waals surface area contributed by atoms with Crippen LogP contribution in [-0.2, 0) is 0 Å². The number of pyridine rings is 1. The van der Waals surface area contributed by atoms with Crippen LogP contribution in [0.25, 0.3) is 0 Å². The van der Waals surface area contributed by atoms with Crippen LogP contribution in [0.1, 0.15) is 16.1 Å². The number of aryl methyl sites for hydroxylation is 1. The highest BCUT2D eigenvalue weighted by Gasteiger charge is 2.07. The second-order valence-corrected chi connectivity index (χ2v) is 6.30. The molecule has 2 N–H and O–H groups in total. The Morgan fingerprint density at radius 2 is 1.71 bits per heavy atom. The van der Waals surface area contributed by atoms with Crippen molar-refractivity contribution in [3.05, 3.63) is 82.6 Å². The molecule has 5 heteroatoms. The minimum Gasteiger partial charge on any atom is -0.354 e. The van der Waals surface area contributed by atoms with Gasteiger partial charge in [0.1, 0.15) is 5.69 Å². The average Bonchev–Trinajstić information content (AvgIpc) is 2.57. The number of amides is 1. The molecule has 0 unspecified atom stereocenters. The van der Waals surface area contributed by atoms with Gasteiger partial charge in [0.25, 0.3) is 5.91 Å². The molecule has 0 fully saturated rings. The standard InChI is InChI=1S/C19H16BrN3O/c1-13-5-7-15(8-6-13)23-19(24)18-10-9-17(12-21-18)22-16-4-2-3-14(20)11-16/h2-12,22H,1H3,(H,23,24). The van der Waals surface area contributed by atoms with E-state index in [4.69, 9.17) is 0 Å². The van der Waals surface area contributed by atoms with Crippen LogP contribution in [0.3, 0.4) is 0 Å². The molecule has 120 valence electrons. The van der Waals surface area contributed by atoms with Crippen LogP contribution in [0.5, 0.6) is 0 Å². The first-order chi connectivity index (χ1) is 11.6. The fourth-order valence-corrected chi connectivity index (χ4v) is 2.57. The lowest BCUT2D eigenvalue weighted by Gasteiger charge is -2.08. The highest BCUT2D eigenvalue weighted by Crippen LogP contribution is 2.20. The zero-order valence-corrected chi connectivity index (χ0v) is 14.7. The summed E-state index contributed by atoms with van der Waals surface area (Å²) in [4.78, 5) is 16.4. The third-order valence-electron chi connectivity index (χ3n) is 3.42. The summed E-state index contributed by atoms with van der Waals surface area (Å²) in [5, 5.41) is 6.08. The third kappa shape index (κ3) is 4.20. The number of carbonyl (C=O) groups excluding carboxylic acids is 1. The van der Waals surface area contributed by atoms with Crippen molar-refractivity contribution >= 4 is 38.9 Å². The predicted molar refractivity (Wildman–Crippen MR) is 101 cm³/mol. The molecule has 3 aromatic rings. The van der Waals surface area contributed by atoms with Crippen LogP contribution in [-0.4, -0.2) is 10.9 Å². The quantitative estimate of drug-likeness (QED) is 0.656. The predicted octanol–water partition coefficient (Wildman–Crippen LogP) is 5.15. The largest absolute Gasteiger partial charge is 0.354 e. The number of benzene rings is 2. The molecule has 0 aliphatic heterocycles. The second kappa shape index (κ2) is 7.27. The molecule has 0 saturated carbocycles. The molecule has 4 nitrogen and oxygen atoms in total. The van der Waals surface area contributed by atoms with Gasteiger partial charge in [-0.15, -0.1) is 0 Å². The minimum atomic E-state index is -0.229. The summed E-state index contributed by atoms with van der Waals surface area (Å²) < 4.78 is 0.995. The first-order valence-electron chi connectivity index (χ1n) is 7.47. The van der Waals surface area contributed by atoms with E-state index in [1.54, 1.807) is 12.3 Å². The van der Waals surface area contributed by atoms with Crippen molar-refractivity contribution in [2.75, 3.05) is 10.6 Å². The molecule has 1 aromatic heterocycles. The van der Waals surface area contributed by atoms with Gasteiger partial charge in [-0.1, -0.05) is 39.7 Å². The number of halogens is 1. The molecular formula is C19H16BrN3O. The monoisotopic (exact) mass is 381 g/mol. The van der Waals surface area contributed by atoms with Gasteiger partial charge in [0.15, 0.2) is 0 Å². The molecule has 1 amide bonds. The maximum absolute atomic E-state index is 12.2. The van der Waals surface area contributed by atoms with Crippen LogP contribution in [0.4, 0.5) is 17.1 Å². The van der Waals surface area contributed by atoms with E-state index < -0.39 is 0 Å². The van der Waals surface area contributed by atoms with Crippen LogP contribution in [0.15, 0.2) is 71.3 Å². The Balaban J connectivity index is 1.67. The number of hydrogen-bond donors (Lipinski definition) is 2. The second-order valence-electron chi connectivity index (χ2n) is 5.39. The van der Waals surface area contributed by atoms with Crippen molar-refractivity contribution in [3.63, 3.8) is 0 Å². The van der Waals surface area contributed by atoms with Crippen molar-refractivity contribution in [3.8, 4) is 0 Å². The molecule has 0 saturated heterocycles. The molecular weight excluding hydrogens is 366 g/mol. The number of nitrogens with zero attached hydrogens (tertiary/aromatic N) is 1. The van der Waals surface area contributed by atoms with E-state index in [0.29, 0.717) is 5.69 Å². The molecule has 0 bridgehead atoms. The number of nitrogens with one attached hydrogen (secondary N) is 2. The van der Waals surface area contributed by atoms with Crippen LogP contribution < -0.4 is 10.6 Å². The topological polar surface area (TPSA) is 54.0 Å². The number of carbonyl (C=O) groups is 1. The van der Waals surface area contributed by atoms with Crippen LogP contribution >= 0.6 is 15.9 Å². The molecule has 0 radical (unpaired) electrons. The van der Waals surface area contributed by atoms with E-state index in [-0.39, 0.29) is 5.91 Å². The molecule has 2 aromatic carbocycles. The summed E-state index contributed by atoms with van der Waals surface area (Å²) in [7, 11) is 0. The fourth-order valence-electron chi connectivity index (χ4n) is 2.17. The normalized spacial score (nSPS) is 10.2. The number of hydrogen-bond acceptors (Lipinski definition) is 3. The maximum Gasteiger partial charge on any atom is 0.274 e. The Morgan fingerprint density at radius 3 is 2.38 bits per heavy atom. The third-order valence-corrected chi connectivity index (χ3v) is 3.91. The van der Waals surface area contributed by atoms with Gasteiger partial charge in [0.2, 0.25) is 0 Å². The SMILES string of the molecule is Cc1ccc(NC(=O)c2ccc(Nc3cccc(Br)c3)cn2)cc1. The molecule has 0 spiro atoms. The highest BCUT2D eigenvalue weighted by atomic mass is 79.9. The van der Waals surface area contributed by atoms with E-state index >= 15 is 0 Å². The summed E-state index contributed by atoms with van der Waals surface area (Å²) in [5.41, 5.74) is 4.04. The lowest BCUT2D eigenvalue weighted by atomic mass is 10.2. The summed E-state index contributed by atoms with van der Waals surface area (Å²) in [6, 6.07) is 19.0. The molecule has 24 heavy (non-hydrogen) atoms. The minimum absolute atomic E-state index is 0.229. The fraction of sp³-hybridized carbons (Fsp3) is 0.0526. The van der Waals surface area contributed by atoms with Gasteiger partial charge < -0.3 is 10.6 Å². The van der Waals surface area contributed by atoms with Crippen molar-refractivity contribution in [2.24, 2.45) is 0 Å². The van der Waals surface area contributed by atoms with Crippen molar-refractivity contribution in [2.45, 2.75) is 6.92 Å². The first kappa shape index (κ1) is 16.2. The zero-order chi connectivity index (χ0) is 16.9. The number of anilines is 3. The first-order valence-corrected chi connectivity index (χ1v) is 8.26. The van der Waals surface area contributed by atoms with E-state index in [2.05, 4.69) is 31.5 Å². The average molecular weight is 382 g/mol. The lowest BCUT2D eigenvalue weighted by Crippen LogP contribution is -2.13. The van der Waals surface area contributed by atoms with E-state index in [1.165, 1.54) is 0 Å². The van der Waals surface area contributed by atoms with E-state index in [0.717, 1.165) is 27.1 Å². The Hall–Kier alpha value is -2.66. The smallest absolute Gasteiger partial charge is 0.274 e. The number of rotatable bonds is 4. The van der Waals surface area contributed by atoms with Gasteiger partial charge in [0.05, 0.1) is 11.9 Å². The van der Waals surface area contributed by atoms with Gasteiger partial charge in [-0.2, -0.15) is 0 Å². The van der Waals surface area contributed by atoms with E-state index in [1.807, 2.05) is 61.5 Å². The Morgan fingerprint density at radius 1 is 0.958 bits per heavy atom. The van der Waals surface area contributed by atoms with Gasteiger partial charge in [-0.05, 0) is 49.4 Å². The molecule has 0 aliphatic rings. The molecule has 0 aliphatic carbocycles. The molecule has 3 rings (SSSR count). The summed E-state index contributed by atoms with van der Waals surface area (Å²) in [5.74, 6) is -0.229. The zero-order valence-electron chi connectivity index (χ0n) is 13.1. The molecule has 1 heterocycles. The highest BCUT2D eigenvalue weighted by molar-refractivity contribution is 9.10. The maximum atomic E-state index is 12.2. The van der Waals surface area contributed by atoms with Crippen molar-refractivity contribution < 1.29 is 4.79 Å². The Kier molecular flexibility index (Phi) is 4.91. The van der Waals surface area contributed by atoms with E-state index in [9.17, 15) is 4.79 Å². The van der Waals surface area contributed by atoms with Gasteiger partial charge in [-0.3, -0.25) is 4.79 Å². The van der Waals surface area contributed by atoms with Crippen LogP contribution in [0.2, 0.25) is 0 Å². The molecule has 0 atom stereocenters. The van der Waals surface area contributed by atoms with Gasteiger partial charge in [-0.25, -0.2) is 4.98 Å². The van der Waals surface area contributed by atoms with Gasteiger partial charge in [0, 0.05) is 15.8 Å². The van der Waals surface area contributed by atoms with Gasteiger partial charge >= 0.3 is 0 Å². The lowest BCUT2D eigenvalue weighted by molar-refractivity contribution is 0.102. The summed E-state index contributed by atoms with van der Waals surface area (Å²) in [6.45, 7) is 2.00.